The highest BCUT2D eigenvalue weighted by molar-refractivity contribution is 5.78. The quantitative estimate of drug-likeness (QED) is 0.364. The lowest BCUT2D eigenvalue weighted by Gasteiger charge is -2.12. The SMILES string of the molecule is COc1ccc(-c2nn(-c3ccc(F)cc3)c(-c3ccc(OC)c(OC)c3)c2C)cc1OC. The molecule has 0 aliphatic rings. The Morgan fingerprint density at radius 3 is 1.73 bits per heavy atom. The van der Waals surface area contributed by atoms with Crippen molar-refractivity contribution in [3.8, 4) is 51.2 Å². The molecule has 0 atom stereocenters. The van der Waals surface area contributed by atoms with Crippen LogP contribution in [0.5, 0.6) is 23.0 Å². The first kappa shape index (κ1) is 22.2. The number of rotatable bonds is 7. The molecule has 0 spiro atoms. The van der Waals surface area contributed by atoms with Crippen LogP contribution in [0.15, 0.2) is 60.7 Å². The molecule has 1 aromatic heterocycles. The molecule has 0 fully saturated rings. The summed E-state index contributed by atoms with van der Waals surface area (Å²) in [5.74, 6) is 2.17. The summed E-state index contributed by atoms with van der Waals surface area (Å²) in [5.41, 5.74) is 5.05. The Bertz CT molecular complexity index is 1280. The lowest BCUT2D eigenvalue weighted by Crippen LogP contribution is -2.00. The second-order valence-electron chi connectivity index (χ2n) is 7.35. The van der Waals surface area contributed by atoms with Gasteiger partial charge >= 0.3 is 0 Å². The molecule has 170 valence electrons. The molecule has 7 heteroatoms. The van der Waals surface area contributed by atoms with Crippen LogP contribution in [-0.4, -0.2) is 38.2 Å². The lowest BCUT2D eigenvalue weighted by atomic mass is 10.0. The van der Waals surface area contributed by atoms with Gasteiger partial charge in [0.05, 0.1) is 45.5 Å². The van der Waals surface area contributed by atoms with Gasteiger partial charge in [0.25, 0.3) is 0 Å². The Balaban J connectivity index is 1.96. The fourth-order valence-corrected chi connectivity index (χ4v) is 3.85. The van der Waals surface area contributed by atoms with Crippen molar-refractivity contribution in [1.82, 2.24) is 9.78 Å². The normalized spacial score (nSPS) is 10.7. The highest BCUT2D eigenvalue weighted by Crippen LogP contribution is 2.39. The Morgan fingerprint density at radius 1 is 0.667 bits per heavy atom. The highest BCUT2D eigenvalue weighted by Gasteiger charge is 2.21. The average molecular weight is 448 g/mol. The van der Waals surface area contributed by atoms with E-state index in [1.165, 1.54) is 12.1 Å². The molecule has 4 aromatic rings. The first-order chi connectivity index (χ1) is 16.0. The standard InChI is InChI=1S/C26H25FN2O4/c1-16-25(17-6-12-21(30-2)23(14-17)32-4)28-29(20-10-8-19(27)9-11-20)26(16)18-7-13-22(31-3)24(15-18)33-5/h6-15H,1-5H3. The van der Waals surface area contributed by atoms with E-state index in [4.69, 9.17) is 24.0 Å². The maximum Gasteiger partial charge on any atom is 0.161 e. The summed E-state index contributed by atoms with van der Waals surface area (Å²) in [4.78, 5) is 0. The summed E-state index contributed by atoms with van der Waals surface area (Å²) in [7, 11) is 6.39. The van der Waals surface area contributed by atoms with Crippen LogP contribution in [0.3, 0.4) is 0 Å². The number of halogens is 1. The van der Waals surface area contributed by atoms with E-state index in [1.807, 2.05) is 48.0 Å². The van der Waals surface area contributed by atoms with E-state index in [1.54, 1.807) is 40.6 Å². The zero-order valence-corrected chi connectivity index (χ0v) is 19.2. The van der Waals surface area contributed by atoms with Crippen LogP contribution in [-0.2, 0) is 0 Å². The number of aromatic nitrogens is 2. The topological polar surface area (TPSA) is 54.7 Å². The van der Waals surface area contributed by atoms with Gasteiger partial charge in [0.1, 0.15) is 5.82 Å². The van der Waals surface area contributed by atoms with Gasteiger partial charge in [0, 0.05) is 16.7 Å². The third kappa shape index (κ3) is 4.09. The molecule has 0 aliphatic carbocycles. The van der Waals surface area contributed by atoms with Crippen molar-refractivity contribution in [2.24, 2.45) is 0 Å². The summed E-state index contributed by atoms with van der Waals surface area (Å²) in [5, 5.41) is 4.91. The molecule has 1 heterocycles. The lowest BCUT2D eigenvalue weighted by molar-refractivity contribution is 0.355. The van der Waals surface area contributed by atoms with E-state index < -0.39 is 0 Å². The smallest absolute Gasteiger partial charge is 0.161 e. The molecule has 0 bridgehead atoms. The van der Waals surface area contributed by atoms with Gasteiger partial charge in [-0.25, -0.2) is 9.07 Å². The second-order valence-corrected chi connectivity index (χ2v) is 7.35. The molecule has 6 nitrogen and oxygen atoms in total. The van der Waals surface area contributed by atoms with Crippen LogP contribution in [0, 0.1) is 12.7 Å². The van der Waals surface area contributed by atoms with Gasteiger partial charge in [-0.05, 0) is 67.6 Å². The molecular formula is C26H25FN2O4. The van der Waals surface area contributed by atoms with Gasteiger partial charge in [-0.3, -0.25) is 0 Å². The molecule has 4 rings (SSSR count). The minimum absolute atomic E-state index is 0.310. The molecule has 0 amide bonds. The summed E-state index contributed by atoms with van der Waals surface area (Å²) in [6.45, 7) is 2.01. The van der Waals surface area contributed by atoms with Gasteiger partial charge in [-0.2, -0.15) is 5.10 Å². The van der Waals surface area contributed by atoms with Crippen molar-refractivity contribution in [2.75, 3.05) is 28.4 Å². The molecular weight excluding hydrogens is 423 g/mol. The number of ether oxygens (including phenoxy) is 4. The van der Waals surface area contributed by atoms with Crippen molar-refractivity contribution >= 4 is 0 Å². The first-order valence-corrected chi connectivity index (χ1v) is 10.3. The molecule has 0 saturated carbocycles. The summed E-state index contributed by atoms with van der Waals surface area (Å²) >= 11 is 0. The van der Waals surface area contributed by atoms with Gasteiger partial charge < -0.3 is 18.9 Å². The number of nitrogens with zero attached hydrogens (tertiary/aromatic N) is 2. The molecule has 0 N–H and O–H groups in total. The number of methoxy groups -OCH3 is 4. The Kier molecular flexibility index (Phi) is 6.22. The van der Waals surface area contributed by atoms with E-state index in [0.29, 0.717) is 23.0 Å². The summed E-state index contributed by atoms with van der Waals surface area (Å²) < 4.78 is 37.2. The van der Waals surface area contributed by atoms with Crippen molar-refractivity contribution in [2.45, 2.75) is 6.92 Å². The minimum Gasteiger partial charge on any atom is -0.493 e. The van der Waals surface area contributed by atoms with E-state index in [0.717, 1.165) is 33.8 Å². The highest BCUT2D eigenvalue weighted by atomic mass is 19.1. The summed E-state index contributed by atoms with van der Waals surface area (Å²) in [6.07, 6.45) is 0. The predicted octanol–water partition coefficient (Wildman–Crippen LogP) is 5.69. The third-order valence-corrected chi connectivity index (χ3v) is 5.51. The van der Waals surface area contributed by atoms with Crippen LogP contribution in [0.25, 0.3) is 28.2 Å². The van der Waals surface area contributed by atoms with Crippen LogP contribution in [0.4, 0.5) is 4.39 Å². The van der Waals surface area contributed by atoms with E-state index in [9.17, 15) is 4.39 Å². The van der Waals surface area contributed by atoms with Crippen molar-refractivity contribution in [3.05, 3.63) is 72.0 Å². The minimum atomic E-state index is -0.310. The molecule has 3 aromatic carbocycles. The first-order valence-electron chi connectivity index (χ1n) is 10.3. The molecule has 0 aliphatic heterocycles. The van der Waals surface area contributed by atoms with Crippen LogP contribution < -0.4 is 18.9 Å². The van der Waals surface area contributed by atoms with Crippen molar-refractivity contribution < 1.29 is 23.3 Å². The van der Waals surface area contributed by atoms with Crippen molar-refractivity contribution in [1.29, 1.82) is 0 Å². The van der Waals surface area contributed by atoms with E-state index in [-0.39, 0.29) is 5.82 Å². The zero-order chi connectivity index (χ0) is 23.5. The Labute approximate surface area is 192 Å². The van der Waals surface area contributed by atoms with Crippen molar-refractivity contribution in [3.63, 3.8) is 0 Å². The largest absolute Gasteiger partial charge is 0.493 e. The molecule has 0 radical (unpaired) electrons. The monoisotopic (exact) mass is 448 g/mol. The van der Waals surface area contributed by atoms with Gasteiger partial charge in [-0.15, -0.1) is 0 Å². The maximum atomic E-state index is 13.6. The van der Waals surface area contributed by atoms with Gasteiger partial charge in [0.2, 0.25) is 0 Å². The zero-order valence-electron chi connectivity index (χ0n) is 19.2. The number of benzene rings is 3. The fourth-order valence-electron chi connectivity index (χ4n) is 3.85. The third-order valence-electron chi connectivity index (χ3n) is 5.51. The number of hydrogen-bond donors (Lipinski definition) is 0. The maximum absolute atomic E-state index is 13.6. The predicted molar refractivity (Wildman–Crippen MR) is 125 cm³/mol. The van der Waals surface area contributed by atoms with Crippen LogP contribution in [0.1, 0.15) is 5.56 Å². The van der Waals surface area contributed by atoms with Crippen LogP contribution >= 0.6 is 0 Å². The Morgan fingerprint density at radius 2 is 1.18 bits per heavy atom. The van der Waals surface area contributed by atoms with Gasteiger partial charge in [-0.1, -0.05) is 0 Å². The molecule has 0 saturated heterocycles. The summed E-state index contributed by atoms with van der Waals surface area (Å²) in [6, 6.07) is 17.6. The van der Waals surface area contributed by atoms with Gasteiger partial charge in [0.15, 0.2) is 23.0 Å². The van der Waals surface area contributed by atoms with E-state index >= 15 is 0 Å². The Hall–Kier alpha value is -4.00. The second kappa shape index (κ2) is 9.24. The van der Waals surface area contributed by atoms with E-state index in [2.05, 4.69) is 0 Å². The average Bonchev–Trinajstić information content (AvgIpc) is 3.20. The molecule has 0 unspecified atom stereocenters. The van der Waals surface area contributed by atoms with Crippen LogP contribution in [0.2, 0.25) is 0 Å². The molecule has 33 heavy (non-hydrogen) atoms. The number of hydrogen-bond acceptors (Lipinski definition) is 5. The fraction of sp³-hybridized carbons (Fsp3) is 0.192.